The molecule has 0 aliphatic heterocycles. The molecule has 0 aliphatic carbocycles. The molecule has 0 saturated carbocycles. The monoisotopic (exact) mass is 250 g/mol. The minimum absolute atomic E-state index is 0.625. The second-order valence-electron chi connectivity index (χ2n) is 3.65. The second-order valence-corrected chi connectivity index (χ2v) is 4.51. The zero-order chi connectivity index (χ0) is 11.5. The molecule has 4 heteroatoms. The Balaban J connectivity index is 2.26. The van der Waals surface area contributed by atoms with Gasteiger partial charge in [0.05, 0.1) is 0 Å². The molecule has 1 aromatic heterocycles. The summed E-state index contributed by atoms with van der Waals surface area (Å²) in [6.45, 7) is 1.98. The topological polar surface area (TPSA) is 28.7 Å². The van der Waals surface area contributed by atoms with Crippen LogP contribution in [0, 0.1) is 11.6 Å². The predicted octanol–water partition coefficient (Wildman–Crippen LogP) is 3.69. The van der Waals surface area contributed by atoms with Crippen molar-refractivity contribution in [1.29, 1.82) is 0 Å². The largest absolute Gasteiger partial charge is 0.347 e. The molecule has 2 rings (SSSR count). The van der Waals surface area contributed by atoms with Gasteiger partial charge in [-0.15, -0.1) is 0 Å². The van der Waals surface area contributed by atoms with E-state index in [1.165, 1.54) is 0 Å². The summed E-state index contributed by atoms with van der Waals surface area (Å²) in [6, 6.07) is 9.58. The third-order valence-corrected chi connectivity index (χ3v) is 2.67. The van der Waals surface area contributed by atoms with Crippen molar-refractivity contribution in [1.82, 2.24) is 9.97 Å². The van der Waals surface area contributed by atoms with Gasteiger partial charge in [-0.05, 0) is 30.7 Å². The first-order chi connectivity index (χ1) is 7.63. The zero-order valence-corrected chi connectivity index (χ0v) is 10.4. The van der Waals surface area contributed by atoms with Crippen molar-refractivity contribution in [3.63, 3.8) is 0 Å². The molecule has 1 heterocycles. The molecule has 0 aliphatic rings. The number of hydrogen-bond acceptors (Lipinski definition) is 2. The van der Waals surface area contributed by atoms with Gasteiger partial charge in [-0.25, -0.2) is 4.98 Å². The summed E-state index contributed by atoms with van der Waals surface area (Å²) >= 11 is 10.9. The molecule has 2 nitrogen and oxygen atoms in total. The fourth-order valence-corrected chi connectivity index (χ4v) is 1.93. The van der Waals surface area contributed by atoms with E-state index >= 15 is 0 Å². The number of nitrogens with zero attached hydrogens (tertiary/aromatic N) is 1. The van der Waals surface area contributed by atoms with Crippen LogP contribution < -0.4 is 0 Å². The molecule has 16 heavy (non-hydrogen) atoms. The molecule has 0 radical (unpaired) electrons. The van der Waals surface area contributed by atoms with E-state index in [0.717, 1.165) is 28.5 Å². The molecule has 0 amide bonds. The molecule has 0 fully saturated rings. The molecule has 0 saturated heterocycles. The summed E-state index contributed by atoms with van der Waals surface area (Å²) in [5.74, 6) is 0.882. The van der Waals surface area contributed by atoms with E-state index in [1.807, 2.05) is 37.3 Å². The highest BCUT2D eigenvalue weighted by Crippen LogP contribution is 2.12. The van der Waals surface area contributed by atoms with Gasteiger partial charge in [0, 0.05) is 17.1 Å². The minimum Gasteiger partial charge on any atom is -0.347 e. The van der Waals surface area contributed by atoms with Crippen LogP contribution in [0.3, 0.4) is 0 Å². The summed E-state index contributed by atoms with van der Waals surface area (Å²) < 4.78 is 0.625. The van der Waals surface area contributed by atoms with Crippen LogP contribution in [0.15, 0.2) is 30.3 Å². The molecule has 0 unspecified atom stereocenters. The van der Waals surface area contributed by atoms with Gasteiger partial charge in [0.25, 0.3) is 0 Å². The third-order valence-electron chi connectivity index (χ3n) is 2.21. The Morgan fingerprint density at radius 3 is 2.62 bits per heavy atom. The maximum Gasteiger partial charge on any atom is 0.129 e. The lowest BCUT2D eigenvalue weighted by atomic mass is 10.1. The van der Waals surface area contributed by atoms with E-state index in [4.69, 9.17) is 23.8 Å². The van der Waals surface area contributed by atoms with Gasteiger partial charge in [0.1, 0.15) is 10.5 Å². The number of H-pyrrole nitrogens is 1. The molecule has 2 aromatic rings. The average Bonchev–Trinajstić information content (AvgIpc) is 2.20. The lowest BCUT2D eigenvalue weighted by molar-refractivity contribution is 0.935. The van der Waals surface area contributed by atoms with Crippen molar-refractivity contribution in [2.75, 3.05) is 0 Å². The Kier molecular flexibility index (Phi) is 3.36. The summed E-state index contributed by atoms with van der Waals surface area (Å²) in [4.78, 5) is 7.48. The number of benzene rings is 1. The maximum atomic E-state index is 5.83. The van der Waals surface area contributed by atoms with Crippen LogP contribution >= 0.6 is 23.8 Å². The Morgan fingerprint density at radius 2 is 2.00 bits per heavy atom. The third kappa shape index (κ3) is 2.90. The highest BCUT2D eigenvalue weighted by molar-refractivity contribution is 7.71. The first-order valence-corrected chi connectivity index (χ1v) is 5.73. The van der Waals surface area contributed by atoms with Gasteiger partial charge in [-0.1, -0.05) is 36.0 Å². The molecule has 1 N–H and O–H groups in total. The first kappa shape index (κ1) is 11.3. The van der Waals surface area contributed by atoms with Crippen LogP contribution in [0.1, 0.15) is 17.1 Å². The van der Waals surface area contributed by atoms with Gasteiger partial charge in [0.15, 0.2) is 0 Å². The van der Waals surface area contributed by atoms with E-state index in [2.05, 4.69) is 9.97 Å². The summed E-state index contributed by atoms with van der Waals surface area (Å²) in [6.07, 6.45) is 0.739. The number of rotatable bonds is 2. The van der Waals surface area contributed by atoms with Crippen LogP contribution in [0.5, 0.6) is 0 Å². The lowest BCUT2D eigenvalue weighted by Gasteiger charge is -2.03. The fraction of sp³-hybridized carbons (Fsp3) is 0.167. The van der Waals surface area contributed by atoms with Gasteiger partial charge < -0.3 is 4.98 Å². The van der Waals surface area contributed by atoms with Crippen LogP contribution in [0.2, 0.25) is 5.02 Å². The molecular formula is C12H11ClN2S. The SMILES string of the molecule is Cc1cc(=S)nc(Cc2ccc(Cl)cc2)[nH]1. The number of aromatic nitrogens is 2. The second kappa shape index (κ2) is 4.76. The highest BCUT2D eigenvalue weighted by atomic mass is 35.5. The van der Waals surface area contributed by atoms with E-state index in [0.29, 0.717) is 4.64 Å². The first-order valence-electron chi connectivity index (χ1n) is 4.95. The van der Waals surface area contributed by atoms with Crippen LogP contribution in [-0.2, 0) is 6.42 Å². The van der Waals surface area contributed by atoms with Crippen molar-refractivity contribution >= 4 is 23.8 Å². The van der Waals surface area contributed by atoms with Crippen LogP contribution in [0.25, 0.3) is 0 Å². The van der Waals surface area contributed by atoms with Crippen LogP contribution in [0.4, 0.5) is 0 Å². The van der Waals surface area contributed by atoms with Crippen molar-refractivity contribution in [2.24, 2.45) is 0 Å². The molecular weight excluding hydrogens is 240 g/mol. The minimum atomic E-state index is 0.625. The predicted molar refractivity (Wildman–Crippen MR) is 68.4 cm³/mol. The standard InChI is InChI=1S/C12H11ClN2S/c1-8-6-12(16)15-11(14-8)7-9-2-4-10(13)5-3-9/h2-6H,7H2,1H3,(H,14,15,16). The Hall–Kier alpha value is -1.19. The molecule has 0 atom stereocenters. The van der Waals surface area contributed by atoms with E-state index in [-0.39, 0.29) is 0 Å². The smallest absolute Gasteiger partial charge is 0.129 e. The number of aromatic amines is 1. The molecule has 0 spiro atoms. The Labute approximate surface area is 104 Å². The van der Waals surface area contributed by atoms with Gasteiger partial charge in [-0.2, -0.15) is 0 Å². The van der Waals surface area contributed by atoms with Gasteiger partial charge in [-0.3, -0.25) is 0 Å². The zero-order valence-electron chi connectivity index (χ0n) is 8.83. The molecule has 1 aromatic carbocycles. The van der Waals surface area contributed by atoms with Crippen molar-refractivity contribution < 1.29 is 0 Å². The number of halogens is 1. The van der Waals surface area contributed by atoms with E-state index in [9.17, 15) is 0 Å². The molecule has 82 valence electrons. The fourth-order valence-electron chi connectivity index (χ4n) is 1.52. The average molecular weight is 251 g/mol. The number of nitrogens with one attached hydrogen (secondary N) is 1. The molecule has 0 bridgehead atoms. The van der Waals surface area contributed by atoms with Crippen molar-refractivity contribution in [3.05, 3.63) is 57.1 Å². The Bertz CT molecular complexity index is 546. The quantitative estimate of drug-likeness (QED) is 0.824. The van der Waals surface area contributed by atoms with Crippen molar-refractivity contribution in [2.45, 2.75) is 13.3 Å². The van der Waals surface area contributed by atoms with Crippen LogP contribution in [-0.4, -0.2) is 9.97 Å². The lowest BCUT2D eigenvalue weighted by Crippen LogP contribution is -1.98. The van der Waals surface area contributed by atoms with Crippen molar-refractivity contribution in [3.8, 4) is 0 Å². The highest BCUT2D eigenvalue weighted by Gasteiger charge is 1.99. The van der Waals surface area contributed by atoms with Gasteiger partial charge in [0.2, 0.25) is 0 Å². The number of aryl methyl sites for hydroxylation is 1. The van der Waals surface area contributed by atoms with Gasteiger partial charge >= 0.3 is 0 Å². The summed E-state index contributed by atoms with van der Waals surface area (Å²) in [5.41, 5.74) is 2.19. The normalized spacial score (nSPS) is 10.4. The Morgan fingerprint density at radius 1 is 1.31 bits per heavy atom. The van der Waals surface area contributed by atoms with E-state index in [1.54, 1.807) is 0 Å². The number of hydrogen-bond donors (Lipinski definition) is 1. The summed E-state index contributed by atoms with van der Waals surface area (Å²) in [5, 5.41) is 0.744. The summed E-state index contributed by atoms with van der Waals surface area (Å²) in [7, 11) is 0. The van der Waals surface area contributed by atoms with E-state index < -0.39 is 0 Å². The maximum absolute atomic E-state index is 5.83.